The third-order valence-electron chi connectivity index (χ3n) is 5.26. The Morgan fingerprint density at radius 2 is 2.00 bits per heavy atom. The summed E-state index contributed by atoms with van der Waals surface area (Å²) in [5.41, 5.74) is 11.3. The molecule has 0 amide bonds. The number of fused-ring (bicyclic) bond motifs is 2. The third-order valence-corrected chi connectivity index (χ3v) is 5.57. The van der Waals surface area contributed by atoms with Crippen LogP contribution in [0, 0.1) is 6.92 Å². The molecular formula is C23H22ClN3O2. The summed E-state index contributed by atoms with van der Waals surface area (Å²) < 4.78 is 0. The monoisotopic (exact) mass is 407 g/mol. The number of pyridine rings is 1. The van der Waals surface area contributed by atoms with Crippen LogP contribution >= 0.6 is 11.6 Å². The van der Waals surface area contributed by atoms with Crippen molar-refractivity contribution in [3.05, 3.63) is 64.3 Å². The molecule has 29 heavy (non-hydrogen) atoms. The van der Waals surface area contributed by atoms with E-state index in [-0.39, 0.29) is 5.56 Å². The summed E-state index contributed by atoms with van der Waals surface area (Å²) in [5.74, 6) is -0.965. The molecule has 0 saturated heterocycles. The first-order valence-corrected chi connectivity index (χ1v) is 10.0. The maximum Gasteiger partial charge on any atom is 0.336 e. The number of aromatic amines is 1. The minimum atomic E-state index is -0.965. The van der Waals surface area contributed by atoms with Gasteiger partial charge in [0.2, 0.25) is 0 Å². The van der Waals surface area contributed by atoms with Gasteiger partial charge in [-0.2, -0.15) is 0 Å². The van der Waals surface area contributed by atoms with Crippen LogP contribution in [0.25, 0.3) is 33.1 Å². The van der Waals surface area contributed by atoms with Crippen molar-refractivity contribution in [3.63, 3.8) is 0 Å². The average Bonchev–Trinajstić information content (AvgIpc) is 3.07. The first kappa shape index (κ1) is 19.4. The Morgan fingerprint density at radius 3 is 2.76 bits per heavy atom. The van der Waals surface area contributed by atoms with Gasteiger partial charge in [0.05, 0.1) is 27.3 Å². The summed E-state index contributed by atoms with van der Waals surface area (Å²) >= 11 is 6.45. The first-order chi connectivity index (χ1) is 14.0. The molecule has 0 radical (unpaired) electrons. The van der Waals surface area contributed by atoms with Crippen molar-refractivity contribution >= 4 is 39.4 Å². The summed E-state index contributed by atoms with van der Waals surface area (Å²) in [6, 6.07) is 13.2. The number of unbranched alkanes of at least 4 members (excludes halogenated alkanes) is 1. The maximum atomic E-state index is 11.9. The van der Waals surface area contributed by atoms with Crippen molar-refractivity contribution in [1.82, 2.24) is 9.97 Å². The highest BCUT2D eigenvalue weighted by Crippen LogP contribution is 2.39. The Balaban J connectivity index is 2.04. The molecule has 0 aliphatic heterocycles. The van der Waals surface area contributed by atoms with Crippen LogP contribution in [-0.4, -0.2) is 27.6 Å². The Bertz CT molecular complexity index is 1230. The van der Waals surface area contributed by atoms with Gasteiger partial charge in [0.1, 0.15) is 0 Å². The highest BCUT2D eigenvalue weighted by Gasteiger charge is 2.21. The van der Waals surface area contributed by atoms with Crippen LogP contribution in [0.2, 0.25) is 5.02 Å². The van der Waals surface area contributed by atoms with Crippen LogP contribution in [0.4, 0.5) is 0 Å². The normalized spacial score (nSPS) is 11.4. The maximum absolute atomic E-state index is 11.9. The molecule has 5 nitrogen and oxygen atoms in total. The second kappa shape index (κ2) is 7.85. The number of hydrogen-bond acceptors (Lipinski definition) is 3. The fourth-order valence-corrected chi connectivity index (χ4v) is 4.12. The number of hydrogen-bond donors (Lipinski definition) is 3. The molecule has 0 atom stereocenters. The Hall–Kier alpha value is -2.89. The molecule has 6 heteroatoms. The van der Waals surface area contributed by atoms with E-state index in [1.165, 1.54) is 0 Å². The summed E-state index contributed by atoms with van der Waals surface area (Å²) in [7, 11) is 0. The molecule has 0 aliphatic rings. The number of carboxylic acid groups (broad SMARTS) is 1. The van der Waals surface area contributed by atoms with Crippen molar-refractivity contribution < 1.29 is 9.90 Å². The van der Waals surface area contributed by atoms with Crippen molar-refractivity contribution in [3.8, 4) is 11.3 Å². The zero-order valence-electron chi connectivity index (χ0n) is 16.1. The number of benzene rings is 2. The molecule has 0 fully saturated rings. The molecule has 0 bridgehead atoms. The molecule has 0 spiro atoms. The van der Waals surface area contributed by atoms with Gasteiger partial charge < -0.3 is 15.8 Å². The zero-order chi connectivity index (χ0) is 20.5. The van der Waals surface area contributed by atoms with E-state index >= 15 is 0 Å². The minimum Gasteiger partial charge on any atom is -0.478 e. The van der Waals surface area contributed by atoms with Gasteiger partial charge in [0.15, 0.2) is 0 Å². The molecule has 0 unspecified atom stereocenters. The second-order valence-electron chi connectivity index (χ2n) is 7.20. The van der Waals surface area contributed by atoms with E-state index < -0.39 is 5.97 Å². The summed E-state index contributed by atoms with van der Waals surface area (Å²) in [6.07, 6.45) is 2.44. The first-order valence-electron chi connectivity index (χ1n) is 9.64. The lowest BCUT2D eigenvalue weighted by atomic mass is 9.95. The molecule has 4 rings (SSSR count). The van der Waals surface area contributed by atoms with Gasteiger partial charge in [-0.3, -0.25) is 4.98 Å². The topological polar surface area (TPSA) is 92.0 Å². The van der Waals surface area contributed by atoms with Crippen molar-refractivity contribution in [2.24, 2.45) is 5.73 Å². The second-order valence-corrected chi connectivity index (χ2v) is 7.61. The average molecular weight is 408 g/mol. The van der Waals surface area contributed by atoms with E-state index in [1.54, 1.807) is 12.1 Å². The lowest BCUT2D eigenvalue weighted by Gasteiger charge is -2.09. The van der Waals surface area contributed by atoms with E-state index in [1.807, 2.05) is 31.2 Å². The number of H-pyrrole nitrogens is 1. The molecule has 2 aromatic carbocycles. The van der Waals surface area contributed by atoms with E-state index in [9.17, 15) is 9.90 Å². The van der Waals surface area contributed by atoms with Crippen LogP contribution in [-0.2, 0) is 6.42 Å². The van der Waals surface area contributed by atoms with Crippen molar-refractivity contribution in [1.29, 1.82) is 0 Å². The number of nitrogens with zero attached hydrogens (tertiary/aromatic N) is 1. The molecule has 2 heterocycles. The summed E-state index contributed by atoms with van der Waals surface area (Å²) in [4.78, 5) is 20.0. The quantitative estimate of drug-likeness (QED) is 0.377. The summed E-state index contributed by atoms with van der Waals surface area (Å²) in [6.45, 7) is 2.56. The third kappa shape index (κ3) is 3.48. The van der Waals surface area contributed by atoms with E-state index in [2.05, 4.69) is 16.0 Å². The van der Waals surface area contributed by atoms with E-state index in [0.29, 0.717) is 28.9 Å². The number of nitrogens with two attached hydrogens (primary N) is 1. The highest BCUT2D eigenvalue weighted by molar-refractivity contribution is 6.36. The fourth-order valence-electron chi connectivity index (χ4n) is 3.92. The van der Waals surface area contributed by atoms with Crippen LogP contribution in [0.1, 0.15) is 34.5 Å². The van der Waals surface area contributed by atoms with Gasteiger partial charge in [0, 0.05) is 22.0 Å². The highest BCUT2D eigenvalue weighted by atomic mass is 35.5. The Labute approximate surface area is 173 Å². The van der Waals surface area contributed by atoms with Crippen LogP contribution < -0.4 is 5.73 Å². The lowest BCUT2D eigenvalue weighted by molar-refractivity contribution is 0.0699. The van der Waals surface area contributed by atoms with E-state index in [0.717, 1.165) is 46.3 Å². The molecule has 0 aliphatic carbocycles. The minimum absolute atomic E-state index is 0.254. The molecule has 4 N–H and O–H groups in total. The number of aryl methyl sites for hydroxylation is 2. The zero-order valence-corrected chi connectivity index (χ0v) is 16.9. The summed E-state index contributed by atoms with van der Waals surface area (Å²) in [5, 5.41) is 12.0. The van der Waals surface area contributed by atoms with Gasteiger partial charge >= 0.3 is 5.97 Å². The Morgan fingerprint density at radius 1 is 1.17 bits per heavy atom. The molecule has 148 valence electrons. The SMILES string of the molecule is Cc1ccc2c(-c3[nH]c4c(Cl)ccc(C(=O)O)c4c3CCCCN)cccc2n1. The van der Waals surface area contributed by atoms with Crippen molar-refractivity contribution in [2.45, 2.75) is 26.2 Å². The molecular weight excluding hydrogens is 386 g/mol. The van der Waals surface area contributed by atoms with Crippen LogP contribution in [0.3, 0.4) is 0 Å². The standard InChI is InChI=1S/C23H22ClN3O2/c1-13-8-9-14-15(6-4-7-19(14)26-13)21-16(5-2-3-12-25)20-17(23(28)29)10-11-18(24)22(20)27-21/h4,6-11,27H,2-3,5,12,25H2,1H3,(H,28,29). The van der Waals surface area contributed by atoms with Crippen LogP contribution in [0.5, 0.6) is 0 Å². The number of nitrogens with one attached hydrogen (secondary N) is 1. The predicted molar refractivity (Wildman–Crippen MR) is 118 cm³/mol. The lowest BCUT2D eigenvalue weighted by Crippen LogP contribution is -2.01. The number of aromatic carboxylic acids is 1. The van der Waals surface area contributed by atoms with Crippen LogP contribution in [0.15, 0.2) is 42.5 Å². The number of rotatable bonds is 6. The molecule has 0 saturated carbocycles. The van der Waals surface area contributed by atoms with E-state index in [4.69, 9.17) is 17.3 Å². The van der Waals surface area contributed by atoms with Gasteiger partial charge in [-0.15, -0.1) is 0 Å². The van der Waals surface area contributed by atoms with Gasteiger partial charge in [-0.25, -0.2) is 4.79 Å². The number of carboxylic acids is 1. The largest absolute Gasteiger partial charge is 0.478 e. The van der Waals surface area contributed by atoms with Gasteiger partial charge in [-0.1, -0.05) is 29.8 Å². The molecule has 2 aromatic heterocycles. The number of carbonyl (C=O) groups is 1. The fraction of sp³-hybridized carbons (Fsp3) is 0.217. The Kier molecular flexibility index (Phi) is 5.26. The predicted octanol–water partition coefficient (Wildman–Crippen LogP) is 5.32. The van der Waals surface area contributed by atoms with Gasteiger partial charge in [-0.05, 0) is 62.6 Å². The number of halogens is 1. The smallest absolute Gasteiger partial charge is 0.336 e. The molecule has 4 aromatic rings. The van der Waals surface area contributed by atoms with Crippen molar-refractivity contribution in [2.75, 3.05) is 6.54 Å². The van der Waals surface area contributed by atoms with Gasteiger partial charge in [0.25, 0.3) is 0 Å². The number of aromatic nitrogens is 2.